The van der Waals surface area contributed by atoms with Gasteiger partial charge in [-0.3, -0.25) is 9.89 Å². The average Bonchev–Trinajstić information content (AvgIpc) is 2.61. The zero-order chi connectivity index (χ0) is 16.3. The average molecular weight is 320 g/mol. The van der Waals surface area contributed by atoms with Crippen LogP contribution in [0.2, 0.25) is 0 Å². The highest BCUT2D eigenvalue weighted by Crippen LogP contribution is 2.12. The van der Waals surface area contributed by atoms with Gasteiger partial charge in [-0.15, -0.1) is 0 Å². The molecule has 1 fully saturated rings. The monoisotopic (exact) mass is 320 g/mol. The van der Waals surface area contributed by atoms with Gasteiger partial charge in [0.15, 0.2) is 5.96 Å². The molecule has 23 heavy (non-hydrogen) atoms. The predicted octanol–water partition coefficient (Wildman–Crippen LogP) is 0.735. The molecule has 1 aliphatic rings. The quantitative estimate of drug-likeness (QED) is 0.573. The number of hydrogen-bond donors (Lipinski definition) is 2. The molecule has 0 radical (unpaired) electrons. The van der Waals surface area contributed by atoms with Crippen molar-refractivity contribution in [1.29, 1.82) is 0 Å². The van der Waals surface area contributed by atoms with Crippen LogP contribution in [0.4, 0.5) is 0 Å². The maximum atomic E-state index is 5.35. The lowest BCUT2D eigenvalue weighted by Crippen LogP contribution is -2.44. The summed E-state index contributed by atoms with van der Waals surface area (Å²) in [5.41, 5.74) is 1.25. The molecule has 0 saturated carbocycles. The van der Waals surface area contributed by atoms with Crippen molar-refractivity contribution in [3.05, 3.63) is 29.8 Å². The molecule has 1 aromatic rings. The van der Waals surface area contributed by atoms with Gasteiger partial charge in [-0.2, -0.15) is 0 Å². The third-order valence-corrected chi connectivity index (χ3v) is 3.89. The van der Waals surface area contributed by atoms with E-state index in [2.05, 4.69) is 32.7 Å². The van der Waals surface area contributed by atoms with Gasteiger partial charge in [-0.1, -0.05) is 12.1 Å². The maximum Gasteiger partial charge on any atom is 0.191 e. The van der Waals surface area contributed by atoms with Crippen LogP contribution in [-0.2, 0) is 11.2 Å². The van der Waals surface area contributed by atoms with E-state index in [1.807, 2.05) is 12.1 Å². The number of morpholine rings is 1. The lowest BCUT2D eigenvalue weighted by Gasteiger charge is -2.26. The van der Waals surface area contributed by atoms with Crippen LogP contribution in [0.15, 0.2) is 29.3 Å². The summed E-state index contributed by atoms with van der Waals surface area (Å²) in [5.74, 6) is 1.75. The highest BCUT2D eigenvalue weighted by atomic mass is 16.5. The molecule has 0 bridgehead atoms. The summed E-state index contributed by atoms with van der Waals surface area (Å²) >= 11 is 0. The highest BCUT2D eigenvalue weighted by Gasteiger charge is 2.09. The van der Waals surface area contributed by atoms with Crippen molar-refractivity contribution in [2.24, 2.45) is 4.99 Å². The van der Waals surface area contributed by atoms with Gasteiger partial charge >= 0.3 is 0 Å². The second-order valence-electron chi connectivity index (χ2n) is 5.48. The van der Waals surface area contributed by atoms with E-state index in [4.69, 9.17) is 9.47 Å². The molecule has 1 heterocycles. The van der Waals surface area contributed by atoms with Crippen molar-refractivity contribution in [3.63, 3.8) is 0 Å². The van der Waals surface area contributed by atoms with Crippen LogP contribution in [0.5, 0.6) is 5.75 Å². The molecule has 6 heteroatoms. The molecular formula is C17H28N4O2. The fraction of sp³-hybridized carbons (Fsp3) is 0.588. The van der Waals surface area contributed by atoms with E-state index in [-0.39, 0.29) is 0 Å². The normalized spacial score (nSPS) is 16.2. The number of benzene rings is 1. The number of ether oxygens (including phenoxy) is 2. The zero-order valence-electron chi connectivity index (χ0n) is 14.2. The van der Waals surface area contributed by atoms with Gasteiger partial charge in [0.2, 0.25) is 0 Å². The first-order chi connectivity index (χ1) is 11.3. The smallest absolute Gasteiger partial charge is 0.191 e. The maximum absolute atomic E-state index is 5.35. The molecular weight excluding hydrogens is 292 g/mol. The van der Waals surface area contributed by atoms with E-state index in [0.29, 0.717) is 0 Å². The van der Waals surface area contributed by atoms with Crippen molar-refractivity contribution >= 4 is 5.96 Å². The first kappa shape index (κ1) is 17.6. The van der Waals surface area contributed by atoms with Gasteiger partial charge < -0.3 is 20.1 Å². The summed E-state index contributed by atoms with van der Waals surface area (Å²) in [4.78, 5) is 6.66. The van der Waals surface area contributed by atoms with Gasteiger partial charge in [0.25, 0.3) is 0 Å². The van der Waals surface area contributed by atoms with Gasteiger partial charge in [-0.05, 0) is 24.1 Å². The summed E-state index contributed by atoms with van der Waals surface area (Å²) in [7, 11) is 3.49. The van der Waals surface area contributed by atoms with Crippen LogP contribution in [0.1, 0.15) is 5.56 Å². The molecule has 2 rings (SSSR count). The minimum atomic E-state index is 0.838. The van der Waals surface area contributed by atoms with E-state index in [1.54, 1.807) is 14.2 Å². The van der Waals surface area contributed by atoms with Crippen molar-refractivity contribution in [2.75, 3.05) is 60.1 Å². The van der Waals surface area contributed by atoms with Crippen LogP contribution < -0.4 is 15.4 Å². The van der Waals surface area contributed by atoms with Crippen LogP contribution in [0.3, 0.4) is 0 Å². The van der Waals surface area contributed by atoms with Crippen LogP contribution >= 0.6 is 0 Å². The van der Waals surface area contributed by atoms with Crippen molar-refractivity contribution in [3.8, 4) is 5.75 Å². The number of nitrogens with zero attached hydrogens (tertiary/aromatic N) is 2. The van der Waals surface area contributed by atoms with E-state index < -0.39 is 0 Å². The Morgan fingerprint density at radius 2 is 2.04 bits per heavy atom. The van der Waals surface area contributed by atoms with Crippen LogP contribution in [0, 0.1) is 0 Å². The Bertz CT molecular complexity index is 487. The first-order valence-electron chi connectivity index (χ1n) is 8.19. The molecule has 0 spiro atoms. The Morgan fingerprint density at radius 3 is 2.78 bits per heavy atom. The lowest BCUT2D eigenvalue weighted by molar-refractivity contribution is 0.0389. The number of hydrogen-bond acceptors (Lipinski definition) is 4. The molecule has 128 valence electrons. The molecule has 0 atom stereocenters. The van der Waals surface area contributed by atoms with E-state index in [1.165, 1.54) is 5.56 Å². The number of aliphatic imine (C=N–C) groups is 1. The van der Waals surface area contributed by atoms with Gasteiger partial charge in [0.1, 0.15) is 5.75 Å². The second kappa shape index (κ2) is 10.1. The molecule has 1 aliphatic heterocycles. The molecule has 2 N–H and O–H groups in total. The van der Waals surface area contributed by atoms with E-state index in [0.717, 1.165) is 64.1 Å². The van der Waals surface area contributed by atoms with Crippen LogP contribution in [-0.4, -0.2) is 71.0 Å². The van der Waals surface area contributed by atoms with Gasteiger partial charge in [0.05, 0.1) is 20.3 Å². The number of rotatable bonds is 7. The summed E-state index contributed by atoms with van der Waals surface area (Å²) in [6.45, 7) is 6.46. The summed E-state index contributed by atoms with van der Waals surface area (Å²) in [6.07, 6.45) is 0.932. The Morgan fingerprint density at radius 1 is 1.26 bits per heavy atom. The van der Waals surface area contributed by atoms with Gasteiger partial charge in [-0.25, -0.2) is 0 Å². The zero-order valence-corrected chi connectivity index (χ0v) is 14.2. The molecule has 0 aliphatic carbocycles. The van der Waals surface area contributed by atoms with Crippen molar-refractivity contribution in [2.45, 2.75) is 6.42 Å². The molecule has 1 saturated heterocycles. The Kier molecular flexibility index (Phi) is 7.69. The minimum absolute atomic E-state index is 0.838. The predicted molar refractivity (Wildman–Crippen MR) is 93.3 cm³/mol. The van der Waals surface area contributed by atoms with Crippen molar-refractivity contribution < 1.29 is 9.47 Å². The SMILES string of the molecule is CN=C(NCCc1cccc(OC)c1)NCCN1CCOCC1. The number of methoxy groups -OCH3 is 1. The molecule has 0 aromatic heterocycles. The number of guanidine groups is 1. The lowest BCUT2D eigenvalue weighted by atomic mass is 10.1. The largest absolute Gasteiger partial charge is 0.497 e. The molecule has 6 nitrogen and oxygen atoms in total. The van der Waals surface area contributed by atoms with Crippen molar-refractivity contribution in [1.82, 2.24) is 15.5 Å². The molecule has 1 aromatic carbocycles. The Hall–Kier alpha value is -1.79. The topological polar surface area (TPSA) is 58.1 Å². The fourth-order valence-corrected chi connectivity index (χ4v) is 2.53. The molecule has 0 unspecified atom stereocenters. The third-order valence-electron chi connectivity index (χ3n) is 3.89. The summed E-state index contributed by atoms with van der Waals surface area (Å²) < 4.78 is 10.6. The highest BCUT2D eigenvalue weighted by molar-refractivity contribution is 5.79. The molecule has 0 amide bonds. The van der Waals surface area contributed by atoms with E-state index in [9.17, 15) is 0 Å². The Labute approximate surface area is 138 Å². The summed E-state index contributed by atoms with van der Waals surface area (Å²) in [6, 6.07) is 8.15. The first-order valence-corrected chi connectivity index (χ1v) is 8.19. The Balaban J connectivity index is 1.64. The summed E-state index contributed by atoms with van der Waals surface area (Å²) in [5, 5.41) is 6.71. The van der Waals surface area contributed by atoms with Gasteiger partial charge in [0, 0.05) is 39.8 Å². The number of nitrogens with one attached hydrogen (secondary N) is 2. The standard InChI is InChI=1S/C17H28N4O2/c1-18-17(20-8-9-21-10-12-23-13-11-21)19-7-6-15-4-3-5-16(14-15)22-2/h3-5,14H,6-13H2,1-2H3,(H2,18,19,20). The van der Waals surface area contributed by atoms with Crippen LogP contribution in [0.25, 0.3) is 0 Å². The van der Waals surface area contributed by atoms with E-state index >= 15 is 0 Å². The minimum Gasteiger partial charge on any atom is -0.497 e. The fourth-order valence-electron chi connectivity index (χ4n) is 2.53. The third kappa shape index (κ3) is 6.46. The second-order valence-corrected chi connectivity index (χ2v) is 5.48.